The molecule has 0 aromatic heterocycles. The maximum absolute atomic E-state index is 5.58. The molecule has 0 aliphatic heterocycles. The highest BCUT2D eigenvalue weighted by molar-refractivity contribution is 7.80. The number of anilines is 2. The van der Waals surface area contributed by atoms with Gasteiger partial charge >= 0.3 is 0 Å². The van der Waals surface area contributed by atoms with Crippen molar-refractivity contribution < 1.29 is 0 Å². The molecule has 0 bridgehead atoms. The van der Waals surface area contributed by atoms with Crippen molar-refractivity contribution in [2.45, 2.75) is 46.1 Å². The molecule has 0 radical (unpaired) electrons. The average molecular weight is 441 g/mol. The third kappa shape index (κ3) is 6.96. The molecule has 3 rings (SSSR count). The van der Waals surface area contributed by atoms with Gasteiger partial charge in [-0.3, -0.25) is 0 Å². The number of hydrogen-bond donors (Lipinski definition) is 4. The van der Waals surface area contributed by atoms with Crippen molar-refractivity contribution in [2.75, 3.05) is 17.2 Å². The third-order valence-corrected chi connectivity index (χ3v) is 5.98. The predicted molar refractivity (Wildman–Crippen MR) is 136 cm³/mol. The summed E-state index contributed by atoms with van der Waals surface area (Å²) >= 11 is 11.1. The molecule has 2 atom stereocenters. The minimum absolute atomic E-state index is 0.115. The topological polar surface area (TPSA) is 48.1 Å². The summed E-state index contributed by atoms with van der Waals surface area (Å²) in [6.07, 6.45) is 3.26. The van der Waals surface area contributed by atoms with Crippen LogP contribution < -0.4 is 21.3 Å². The molecule has 2 aromatic carbocycles. The van der Waals surface area contributed by atoms with Crippen molar-refractivity contribution in [1.29, 1.82) is 0 Å². The summed E-state index contributed by atoms with van der Waals surface area (Å²) < 4.78 is 0. The second-order valence-electron chi connectivity index (χ2n) is 9.40. The minimum Gasteiger partial charge on any atom is -0.362 e. The molecular formula is C24H32N4S2. The number of thiocarbonyl (C=S) groups is 2. The largest absolute Gasteiger partial charge is 0.362 e. The van der Waals surface area contributed by atoms with Gasteiger partial charge in [-0.25, -0.2) is 0 Å². The first-order valence-electron chi connectivity index (χ1n) is 10.5. The lowest BCUT2D eigenvalue weighted by Crippen LogP contribution is -2.51. The Morgan fingerprint density at radius 3 is 1.93 bits per heavy atom. The fraction of sp³-hybridized carbons (Fsp3) is 0.417. The molecule has 160 valence electrons. The second-order valence-corrected chi connectivity index (χ2v) is 10.2. The summed E-state index contributed by atoms with van der Waals surface area (Å²) in [6.45, 7) is 7.85. The molecule has 0 amide bonds. The fourth-order valence-corrected chi connectivity index (χ4v) is 5.21. The molecule has 1 fully saturated rings. The molecular weight excluding hydrogens is 408 g/mol. The molecule has 6 heteroatoms. The van der Waals surface area contributed by atoms with Crippen molar-refractivity contribution >= 4 is 46.0 Å². The highest BCUT2D eigenvalue weighted by Crippen LogP contribution is 2.45. The van der Waals surface area contributed by atoms with E-state index >= 15 is 0 Å². The van der Waals surface area contributed by atoms with E-state index in [4.69, 9.17) is 24.4 Å². The van der Waals surface area contributed by atoms with Gasteiger partial charge in [-0.1, -0.05) is 57.2 Å². The van der Waals surface area contributed by atoms with E-state index in [2.05, 4.69) is 42.0 Å². The van der Waals surface area contributed by atoms with E-state index in [0.717, 1.165) is 37.2 Å². The fourth-order valence-electron chi connectivity index (χ4n) is 4.73. The van der Waals surface area contributed by atoms with Crippen LogP contribution >= 0.6 is 24.4 Å². The maximum Gasteiger partial charge on any atom is 0.170 e. The Morgan fingerprint density at radius 2 is 1.37 bits per heavy atom. The Balaban J connectivity index is 1.56. The summed E-state index contributed by atoms with van der Waals surface area (Å²) in [4.78, 5) is 0. The van der Waals surface area contributed by atoms with Gasteiger partial charge in [-0.15, -0.1) is 0 Å². The Hall–Kier alpha value is -2.18. The molecule has 1 aliphatic carbocycles. The standard InChI is InChI=1S/C24H32N4S2/c1-23(2)14-20(28-22(30)27-19-12-8-5-9-13-19)15-24(3,16-23)17-25-21(29)26-18-10-6-4-7-11-18/h4-13,20H,14-17H2,1-3H3,(H2,25,26,29)(H2,27,28,30)/t20-,24+/m0/s1. The van der Waals surface area contributed by atoms with Crippen molar-refractivity contribution in [2.24, 2.45) is 10.8 Å². The van der Waals surface area contributed by atoms with Crippen LogP contribution in [-0.4, -0.2) is 22.8 Å². The first-order valence-corrected chi connectivity index (χ1v) is 11.3. The van der Waals surface area contributed by atoms with E-state index in [1.54, 1.807) is 0 Å². The van der Waals surface area contributed by atoms with Gasteiger partial charge in [0.05, 0.1) is 0 Å². The summed E-state index contributed by atoms with van der Waals surface area (Å²) in [5.41, 5.74) is 2.35. The summed E-state index contributed by atoms with van der Waals surface area (Å²) in [5.74, 6) is 0. The molecule has 2 aromatic rings. The Morgan fingerprint density at radius 1 is 0.833 bits per heavy atom. The number of hydrogen-bond acceptors (Lipinski definition) is 2. The average Bonchev–Trinajstić information content (AvgIpc) is 2.66. The number of nitrogens with one attached hydrogen (secondary N) is 4. The van der Waals surface area contributed by atoms with Crippen LogP contribution in [0.1, 0.15) is 40.0 Å². The van der Waals surface area contributed by atoms with Gasteiger partial charge in [0.2, 0.25) is 0 Å². The monoisotopic (exact) mass is 440 g/mol. The van der Waals surface area contributed by atoms with E-state index in [1.807, 2.05) is 60.7 Å². The summed E-state index contributed by atoms with van der Waals surface area (Å²) in [7, 11) is 0. The van der Waals surface area contributed by atoms with E-state index in [9.17, 15) is 0 Å². The lowest BCUT2D eigenvalue weighted by atomic mass is 9.62. The molecule has 0 spiro atoms. The Kier molecular flexibility index (Phi) is 7.32. The third-order valence-electron chi connectivity index (χ3n) is 5.52. The molecule has 1 aliphatic rings. The van der Waals surface area contributed by atoms with Crippen LogP contribution in [0.4, 0.5) is 11.4 Å². The van der Waals surface area contributed by atoms with Crippen molar-refractivity contribution in [3.63, 3.8) is 0 Å². The van der Waals surface area contributed by atoms with Gasteiger partial charge in [0.25, 0.3) is 0 Å². The van der Waals surface area contributed by atoms with Crippen LogP contribution in [0.5, 0.6) is 0 Å². The quantitative estimate of drug-likeness (QED) is 0.458. The van der Waals surface area contributed by atoms with Gasteiger partial charge in [0.15, 0.2) is 10.2 Å². The van der Waals surface area contributed by atoms with Crippen molar-refractivity contribution in [3.8, 4) is 0 Å². The SMILES string of the molecule is CC1(C)C[C@H](NC(=S)Nc2ccccc2)C[C@@](C)(CNC(=S)Nc2ccccc2)C1. The van der Waals surface area contributed by atoms with Crippen molar-refractivity contribution in [3.05, 3.63) is 60.7 Å². The molecule has 0 saturated heterocycles. The first-order chi connectivity index (χ1) is 14.2. The first kappa shape index (κ1) is 22.5. The zero-order valence-electron chi connectivity index (χ0n) is 18.0. The number of para-hydroxylation sites is 2. The van der Waals surface area contributed by atoms with E-state index in [0.29, 0.717) is 16.3 Å². The van der Waals surface area contributed by atoms with Gasteiger partial charge in [-0.2, -0.15) is 0 Å². The van der Waals surface area contributed by atoms with Crippen LogP contribution in [-0.2, 0) is 0 Å². The molecule has 4 N–H and O–H groups in total. The Labute approximate surface area is 191 Å². The highest BCUT2D eigenvalue weighted by Gasteiger charge is 2.41. The Bertz CT molecular complexity index is 854. The smallest absolute Gasteiger partial charge is 0.170 e. The lowest BCUT2D eigenvalue weighted by molar-refractivity contribution is 0.0807. The van der Waals surface area contributed by atoms with E-state index in [1.165, 1.54) is 0 Å². The number of rotatable bonds is 5. The van der Waals surface area contributed by atoms with Crippen LogP contribution in [0.3, 0.4) is 0 Å². The molecule has 1 saturated carbocycles. The molecule has 30 heavy (non-hydrogen) atoms. The molecule has 0 heterocycles. The van der Waals surface area contributed by atoms with Crippen LogP contribution in [0, 0.1) is 10.8 Å². The van der Waals surface area contributed by atoms with Crippen LogP contribution in [0.2, 0.25) is 0 Å². The van der Waals surface area contributed by atoms with Gasteiger partial charge < -0.3 is 21.3 Å². The van der Waals surface area contributed by atoms with Gasteiger partial charge in [0.1, 0.15) is 0 Å². The zero-order valence-corrected chi connectivity index (χ0v) is 19.6. The maximum atomic E-state index is 5.58. The van der Waals surface area contributed by atoms with E-state index in [-0.39, 0.29) is 10.8 Å². The van der Waals surface area contributed by atoms with Gasteiger partial charge in [-0.05, 0) is 78.8 Å². The normalized spacial score (nSPS) is 22.6. The summed E-state index contributed by atoms with van der Waals surface area (Å²) in [6, 6.07) is 20.4. The highest BCUT2D eigenvalue weighted by atomic mass is 32.1. The second kappa shape index (κ2) is 9.75. The van der Waals surface area contributed by atoms with Crippen molar-refractivity contribution in [1.82, 2.24) is 10.6 Å². The van der Waals surface area contributed by atoms with Crippen LogP contribution in [0.25, 0.3) is 0 Å². The minimum atomic E-state index is 0.115. The number of benzene rings is 2. The summed E-state index contributed by atoms with van der Waals surface area (Å²) in [5, 5.41) is 14.9. The predicted octanol–water partition coefficient (Wildman–Crippen LogP) is 5.54. The van der Waals surface area contributed by atoms with E-state index < -0.39 is 0 Å². The molecule has 0 unspecified atom stereocenters. The zero-order chi connectivity index (χ0) is 21.6. The van der Waals surface area contributed by atoms with Gasteiger partial charge in [0, 0.05) is 24.0 Å². The molecule has 4 nitrogen and oxygen atoms in total. The van der Waals surface area contributed by atoms with Crippen LogP contribution in [0.15, 0.2) is 60.7 Å². The lowest BCUT2D eigenvalue weighted by Gasteiger charge is -2.47.